The van der Waals surface area contributed by atoms with E-state index in [1.807, 2.05) is 36.5 Å². The van der Waals surface area contributed by atoms with Crippen molar-refractivity contribution in [1.82, 2.24) is 9.88 Å². The number of carboxylic acid groups (broad SMARTS) is 1. The number of benzene rings is 1. The lowest BCUT2D eigenvalue weighted by Crippen LogP contribution is -2.45. The number of hydrogen-bond acceptors (Lipinski definition) is 5. The number of pyridine rings is 1. The van der Waals surface area contributed by atoms with Crippen LogP contribution in [0.25, 0.3) is 0 Å². The van der Waals surface area contributed by atoms with Crippen LogP contribution in [-0.2, 0) is 11.3 Å². The van der Waals surface area contributed by atoms with Gasteiger partial charge in [-0.15, -0.1) is 0 Å². The quantitative estimate of drug-likeness (QED) is 0.919. The lowest BCUT2D eigenvalue weighted by Gasteiger charge is -2.36. The fourth-order valence-corrected chi connectivity index (χ4v) is 3.96. The zero-order chi connectivity index (χ0) is 17.4. The van der Waals surface area contributed by atoms with Crippen LogP contribution in [0.4, 0.5) is 0 Å². The number of aromatic nitrogens is 1. The summed E-state index contributed by atoms with van der Waals surface area (Å²) in [7, 11) is 1.61. The van der Waals surface area contributed by atoms with E-state index in [2.05, 4.69) is 9.88 Å². The third-order valence-corrected chi connectivity index (χ3v) is 5.25. The number of hydrogen-bond donors (Lipinski definition) is 1. The average Bonchev–Trinajstić information content (AvgIpc) is 3.02. The monoisotopic (exact) mass is 340 g/mol. The summed E-state index contributed by atoms with van der Waals surface area (Å²) < 4.78 is 11.1. The fraction of sp³-hybridized carbons (Fsp3) is 0.368. The Morgan fingerprint density at radius 3 is 3.08 bits per heavy atom. The van der Waals surface area contributed by atoms with Crippen LogP contribution in [0, 0.1) is 5.41 Å². The number of likely N-dealkylation sites (tertiary alicyclic amines) is 1. The van der Waals surface area contributed by atoms with E-state index in [9.17, 15) is 9.90 Å². The molecule has 6 nitrogen and oxygen atoms in total. The van der Waals surface area contributed by atoms with Crippen molar-refractivity contribution in [3.05, 3.63) is 53.9 Å². The Hall–Kier alpha value is -2.60. The van der Waals surface area contributed by atoms with Crippen LogP contribution in [0.5, 0.6) is 11.5 Å². The van der Waals surface area contributed by atoms with Gasteiger partial charge in [0.05, 0.1) is 7.11 Å². The van der Waals surface area contributed by atoms with Crippen LogP contribution in [0.15, 0.2) is 42.7 Å². The van der Waals surface area contributed by atoms with Crippen molar-refractivity contribution < 1.29 is 19.4 Å². The smallest absolute Gasteiger partial charge is 0.315 e. The molecule has 2 aliphatic rings. The van der Waals surface area contributed by atoms with E-state index in [-0.39, 0.29) is 12.5 Å². The molecule has 0 amide bonds. The highest BCUT2D eigenvalue weighted by molar-refractivity contribution is 5.78. The lowest BCUT2D eigenvalue weighted by atomic mass is 9.73. The highest BCUT2D eigenvalue weighted by Gasteiger charge is 2.56. The number of fused-ring (bicyclic) bond motifs is 3. The van der Waals surface area contributed by atoms with Gasteiger partial charge in [0.25, 0.3) is 0 Å². The van der Waals surface area contributed by atoms with Gasteiger partial charge in [0.2, 0.25) is 0 Å². The van der Waals surface area contributed by atoms with Crippen LogP contribution >= 0.6 is 0 Å². The maximum absolute atomic E-state index is 12.1. The molecule has 25 heavy (non-hydrogen) atoms. The molecule has 1 aromatic carbocycles. The first-order valence-corrected chi connectivity index (χ1v) is 8.28. The summed E-state index contributed by atoms with van der Waals surface area (Å²) in [6.07, 6.45) is 3.56. The maximum Gasteiger partial charge on any atom is 0.315 e. The molecule has 0 radical (unpaired) electrons. The molecule has 0 spiro atoms. The second-order valence-electron chi connectivity index (χ2n) is 6.74. The molecule has 0 bridgehead atoms. The van der Waals surface area contributed by atoms with E-state index in [0.717, 1.165) is 16.9 Å². The van der Waals surface area contributed by atoms with Crippen molar-refractivity contribution in [3.63, 3.8) is 0 Å². The van der Waals surface area contributed by atoms with Crippen molar-refractivity contribution in [3.8, 4) is 11.5 Å². The van der Waals surface area contributed by atoms with Gasteiger partial charge >= 0.3 is 5.97 Å². The molecule has 4 rings (SSSR count). The Labute approximate surface area is 146 Å². The Morgan fingerprint density at radius 1 is 1.48 bits per heavy atom. The minimum atomic E-state index is -0.913. The van der Waals surface area contributed by atoms with Crippen molar-refractivity contribution in [2.24, 2.45) is 5.41 Å². The summed E-state index contributed by atoms with van der Waals surface area (Å²) in [6, 6.07) is 9.55. The largest absolute Gasteiger partial charge is 0.497 e. The number of carbonyl (C=O) groups is 1. The van der Waals surface area contributed by atoms with E-state index >= 15 is 0 Å². The SMILES string of the molecule is COc1ccc2c(c1)OC[C@]1(C(=O)O)CN(Cc3cccnc3)CC21. The summed E-state index contributed by atoms with van der Waals surface area (Å²) in [5, 5.41) is 9.97. The number of carboxylic acids is 1. The normalized spacial score (nSPS) is 24.9. The summed E-state index contributed by atoms with van der Waals surface area (Å²) in [6.45, 7) is 2.01. The zero-order valence-corrected chi connectivity index (χ0v) is 14.0. The molecule has 0 saturated carbocycles. The van der Waals surface area contributed by atoms with Crippen LogP contribution in [-0.4, -0.2) is 47.8 Å². The van der Waals surface area contributed by atoms with E-state index in [1.165, 1.54) is 0 Å². The number of ether oxygens (including phenoxy) is 2. The molecule has 1 N–H and O–H groups in total. The van der Waals surface area contributed by atoms with Gasteiger partial charge < -0.3 is 14.6 Å². The van der Waals surface area contributed by atoms with Crippen LogP contribution in [0.1, 0.15) is 17.0 Å². The average molecular weight is 340 g/mol. The topological polar surface area (TPSA) is 71.9 Å². The predicted molar refractivity (Wildman–Crippen MR) is 90.8 cm³/mol. The molecule has 1 aromatic heterocycles. The third kappa shape index (κ3) is 2.62. The first-order valence-electron chi connectivity index (χ1n) is 8.28. The van der Waals surface area contributed by atoms with E-state index < -0.39 is 11.4 Å². The van der Waals surface area contributed by atoms with Crippen molar-refractivity contribution in [1.29, 1.82) is 0 Å². The van der Waals surface area contributed by atoms with E-state index in [4.69, 9.17) is 9.47 Å². The molecular weight excluding hydrogens is 320 g/mol. The second-order valence-corrected chi connectivity index (χ2v) is 6.74. The van der Waals surface area contributed by atoms with Crippen LogP contribution in [0.3, 0.4) is 0 Å². The van der Waals surface area contributed by atoms with Gasteiger partial charge in [-0.2, -0.15) is 0 Å². The summed E-state index contributed by atoms with van der Waals surface area (Å²) in [5.41, 5.74) is 1.12. The van der Waals surface area contributed by atoms with Gasteiger partial charge in [0.1, 0.15) is 23.5 Å². The standard InChI is InChI=1S/C19H20N2O4/c1-24-14-4-5-15-16-10-21(9-13-3-2-6-20-8-13)11-19(16,18(22)23)12-25-17(15)7-14/h2-8,16H,9-12H2,1H3,(H,22,23)/t16?,19-/m1/s1. The molecule has 1 saturated heterocycles. The Morgan fingerprint density at radius 2 is 2.36 bits per heavy atom. The number of methoxy groups -OCH3 is 1. The second kappa shape index (κ2) is 6.04. The molecule has 1 fully saturated rings. The van der Waals surface area contributed by atoms with E-state index in [1.54, 1.807) is 13.3 Å². The summed E-state index contributed by atoms with van der Waals surface area (Å²) >= 11 is 0. The fourth-order valence-electron chi connectivity index (χ4n) is 3.96. The molecule has 2 atom stereocenters. The molecule has 2 aliphatic heterocycles. The van der Waals surface area contributed by atoms with Gasteiger partial charge in [-0.3, -0.25) is 14.7 Å². The van der Waals surface area contributed by atoms with E-state index in [0.29, 0.717) is 25.4 Å². The molecule has 130 valence electrons. The first kappa shape index (κ1) is 15.9. The lowest BCUT2D eigenvalue weighted by molar-refractivity contribution is -0.151. The Kier molecular flexibility index (Phi) is 3.84. The minimum absolute atomic E-state index is 0.101. The molecule has 1 unspecified atom stereocenters. The summed E-state index contributed by atoms with van der Waals surface area (Å²) in [5.74, 6) is 0.542. The third-order valence-electron chi connectivity index (χ3n) is 5.25. The Bertz CT molecular complexity index is 795. The number of nitrogens with zero attached hydrogens (tertiary/aromatic N) is 2. The highest BCUT2D eigenvalue weighted by atomic mass is 16.5. The molecule has 0 aliphatic carbocycles. The first-order chi connectivity index (χ1) is 12.1. The highest BCUT2D eigenvalue weighted by Crippen LogP contribution is 2.50. The van der Waals surface area contributed by atoms with Crippen molar-refractivity contribution >= 4 is 5.97 Å². The van der Waals surface area contributed by atoms with Gasteiger partial charge in [-0.25, -0.2) is 0 Å². The maximum atomic E-state index is 12.1. The van der Waals surface area contributed by atoms with Gasteiger partial charge in [0.15, 0.2) is 0 Å². The Balaban J connectivity index is 1.66. The van der Waals surface area contributed by atoms with Crippen LogP contribution in [0.2, 0.25) is 0 Å². The van der Waals surface area contributed by atoms with Gasteiger partial charge in [0, 0.05) is 49.6 Å². The number of rotatable bonds is 4. The van der Waals surface area contributed by atoms with Crippen molar-refractivity contribution in [2.75, 3.05) is 26.8 Å². The molecule has 3 heterocycles. The minimum Gasteiger partial charge on any atom is -0.497 e. The zero-order valence-electron chi connectivity index (χ0n) is 14.0. The predicted octanol–water partition coefficient (Wildman–Crippen LogP) is 2.15. The molecule has 2 aromatic rings. The van der Waals surface area contributed by atoms with Gasteiger partial charge in [-0.05, 0) is 17.7 Å². The molecule has 6 heteroatoms. The molecular formula is C19H20N2O4. The van der Waals surface area contributed by atoms with Crippen molar-refractivity contribution in [2.45, 2.75) is 12.5 Å². The van der Waals surface area contributed by atoms with Gasteiger partial charge in [-0.1, -0.05) is 12.1 Å². The summed E-state index contributed by atoms with van der Waals surface area (Å²) in [4.78, 5) is 18.5. The number of aliphatic carboxylic acids is 1. The van der Waals surface area contributed by atoms with Crippen LogP contribution < -0.4 is 9.47 Å².